The third kappa shape index (κ3) is 5.47. The molecule has 1 saturated heterocycles. The lowest BCUT2D eigenvalue weighted by atomic mass is 10.1. The Hall–Kier alpha value is -3.15. The van der Waals surface area contributed by atoms with E-state index in [1.807, 2.05) is 60.7 Å². The van der Waals surface area contributed by atoms with Gasteiger partial charge < -0.3 is 15.4 Å². The van der Waals surface area contributed by atoms with Crippen LogP contribution in [0.4, 0.5) is 11.4 Å². The summed E-state index contributed by atoms with van der Waals surface area (Å²) in [5, 5.41) is 6.25. The van der Waals surface area contributed by atoms with Crippen LogP contribution in [-0.4, -0.2) is 43.7 Å². The Labute approximate surface area is 177 Å². The van der Waals surface area contributed by atoms with Crippen LogP contribution in [0, 0.1) is 0 Å². The van der Waals surface area contributed by atoms with Crippen molar-refractivity contribution in [3.05, 3.63) is 84.4 Å². The molecule has 0 radical (unpaired) electrons. The fraction of sp³-hybridized carbons (Fsp3) is 0.240. The summed E-state index contributed by atoms with van der Waals surface area (Å²) >= 11 is 0. The lowest BCUT2D eigenvalue weighted by Gasteiger charge is -2.27. The zero-order valence-electron chi connectivity index (χ0n) is 17.0. The first-order chi connectivity index (χ1) is 14.8. The highest BCUT2D eigenvalue weighted by atomic mass is 16.5. The average Bonchev–Trinajstić information content (AvgIpc) is 2.80. The zero-order chi connectivity index (χ0) is 20.6. The van der Waals surface area contributed by atoms with Crippen molar-refractivity contribution < 1.29 is 9.53 Å². The molecule has 0 aromatic heterocycles. The summed E-state index contributed by atoms with van der Waals surface area (Å²) in [5.41, 5.74) is 5.28. The second kappa shape index (κ2) is 10.1. The summed E-state index contributed by atoms with van der Waals surface area (Å²) in [6.45, 7) is 4.51. The number of nitrogens with one attached hydrogen (secondary N) is 2. The number of hydrogen-bond donors (Lipinski definition) is 2. The Bertz CT molecular complexity index is 952. The van der Waals surface area contributed by atoms with Gasteiger partial charge in [0.25, 0.3) is 0 Å². The second-order valence-corrected chi connectivity index (χ2v) is 7.39. The van der Waals surface area contributed by atoms with Crippen molar-refractivity contribution in [1.29, 1.82) is 0 Å². The van der Waals surface area contributed by atoms with E-state index in [0.717, 1.165) is 55.3 Å². The van der Waals surface area contributed by atoms with Gasteiger partial charge in [0.15, 0.2) is 0 Å². The molecule has 0 aliphatic carbocycles. The third-order valence-electron chi connectivity index (χ3n) is 5.23. The molecule has 2 N–H and O–H groups in total. The van der Waals surface area contributed by atoms with Gasteiger partial charge in [0.1, 0.15) is 0 Å². The first kappa shape index (κ1) is 20.1. The van der Waals surface area contributed by atoms with Crippen molar-refractivity contribution in [2.24, 2.45) is 0 Å². The minimum Gasteiger partial charge on any atom is -0.379 e. The van der Waals surface area contributed by atoms with E-state index >= 15 is 0 Å². The van der Waals surface area contributed by atoms with Crippen LogP contribution in [0.5, 0.6) is 0 Å². The molecule has 1 aliphatic rings. The maximum Gasteiger partial charge on any atom is 0.243 e. The number of carbonyl (C=O) groups is 1. The van der Waals surface area contributed by atoms with Crippen molar-refractivity contribution in [3.63, 3.8) is 0 Å². The largest absolute Gasteiger partial charge is 0.379 e. The molecule has 0 spiro atoms. The molecule has 3 aromatic carbocycles. The monoisotopic (exact) mass is 401 g/mol. The van der Waals surface area contributed by atoms with E-state index in [-0.39, 0.29) is 12.5 Å². The normalized spacial score (nSPS) is 14.3. The molecule has 1 amide bonds. The molecular weight excluding hydrogens is 374 g/mol. The topological polar surface area (TPSA) is 53.6 Å². The number of benzene rings is 3. The maximum absolute atomic E-state index is 12.4. The molecule has 0 saturated carbocycles. The first-order valence-corrected chi connectivity index (χ1v) is 10.4. The third-order valence-corrected chi connectivity index (χ3v) is 5.23. The van der Waals surface area contributed by atoms with Crippen LogP contribution in [0.15, 0.2) is 78.9 Å². The van der Waals surface area contributed by atoms with Crippen molar-refractivity contribution in [3.8, 4) is 11.1 Å². The number of carbonyl (C=O) groups excluding carboxylic acids is 1. The molecule has 4 rings (SSSR count). The van der Waals surface area contributed by atoms with Gasteiger partial charge in [-0.1, -0.05) is 60.7 Å². The van der Waals surface area contributed by atoms with Gasteiger partial charge in [-0.15, -0.1) is 0 Å². The quantitative estimate of drug-likeness (QED) is 0.622. The predicted molar refractivity (Wildman–Crippen MR) is 122 cm³/mol. The standard InChI is InChI=1S/C25H27N3O2/c29-25(27-23-12-10-21(11-13-23)20-6-2-1-3-7-20)18-26-24-9-5-4-8-22(24)19-28-14-16-30-17-15-28/h1-13,26H,14-19H2,(H,27,29). The maximum atomic E-state index is 12.4. The molecule has 0 atom stereocenters. The molecule has 5 nitrogen and oxygen atoms in total. The Morgan fingerprint density at radius 3 is 2.27 bits per heavy atom. The van der Waals surface area contributed by atoms with E-state index in [2.05, 4.69) is 33.7 Å². The molecule has 154 valence electrons. The summed E-state index contributed by atoms with van der Waals surface area (Å²) in [4.78, 5) is 14.8. The van der Waals surface area contributed by atoms with Gasteiger partial charge in [-0.05, 0) is 34.9 Å². The molecule has 0 unspecified atom stereocenters. The summed E-state index contributed by atoms with van der Waals surface area (Å²) in [5.74, 6) is -0.0661. The summed E-state index contributed by atoms with van der Waals surface area (Å²) in [7, 11) is 0. The summed E-state index contributed by atoms with van der Waals surface area (Å²) in [6, 6.07) is 26.3. The van der Waals surface area contributed by atoms with Crippen LogP contribution in [0.25, 0.3) is 11.1 Å². The van der Waals surface area contributed by atoms with E-state index in [1.54, 1.807) is 0 Å². The van der Waals surface area contributed by atoms with Crippen molar-refractivity contribution in [1.82, 2.24) is 4.90 Å². The summed E-state index contributed by atoms with van der Waals surface area (Å²) < 4.78 is 5.43. The molecule has 5 heteroatoms. The van der Waals surface area contributed by atoms with E-state index in [1.165, 1.54) is 5.56 Å². The smallest absolute Gasteiger partial charge is 0.243 e. The number of para-hydroxylation sites is 1. The SMILES string of the molecule is O=C(CNc1ccccc1CN1CCOCC1)Nc1ccc(-c2ccccc2)cc1. The van der Waals surface area contributed by atoms with Gasteiger partial charge in [0.05, 0.1) is 19.8 Å². The number of amides is 1. The average molecular weight is 402 g/mol. The molecule has 30 heavy (non-hydrogen) atoms. The molecule has 1 fully saturated rings. The van der Waals surface area contributed by atoms with Crippen LogP contribution in [0.3, 0.4) is 0 Å². The fourth-order valence-corrected chi connectivity index (χ4v) is 3.59. The first-order valence-electron chi connectivity index (χ1n) is 10.4. The Morgan fingerprint density at radius 2 is 1.50 bits per heavy atom. The minimum absolute atomic E-state index is 0.0661. The lowest BCUT2D eigenvalue weighted by Crippen LogP contribution is -2.35. The second-order valence-electron chi connectivity index (χ2n) is 7.39. The highest BCUT2D eigenvalue weighted by Gasteiger charge is 2.13. The fourth-order valence-electron chi connectivity index (χ4n) is 3.59. The molecule has 0 bridgehead atoms. The predicted octanol–water partition coefficient (Wildman–Crippen LogP) is 4.24. The van der Waals surface area contributed by atoms with Gasteiger partial charge in [0, 0.05) is 31.0 Å². The van der Waals surface area contributed by atoms with Crippen LogP contribution in [0.2, 0.25) is 0 Å². The van der Waals surface area contributed by atoms with Crippen molar-refractivity contribution in [2.75, 3.05) is 43.5 Å². The highest BCUT2D eigenvalue weighted by molar-refractivity contribution is 5.94. The number of nitrogens with zero attached hydrogens (tertiary/aromatic N) is 1. The van der Waals surface area contributed by atoms with Crippen LogP contribution in [-0.2, 0) is 16.1 Å². The van der Waals surface area contributed by atoms with E-state index in [9.17, 15) is 4.79 Å². The van der Waals surface area contributed by atoms with Gasteiger partial charge in [-0.2, -0.15) is 0 Å². The van der Waals surface area contributed by atoms with E-state index in [0.29, 0.717) is 0 Å². The number of ether oxygens (including phenoxy) is 1. The van der Waals surface area contributed by atoms with Crippen molar-refractivity contribution in [2.45, 2.75) is 6.54 Å². The highest BCUT2D eigenvalue weighted by Crippen LogP contribution is 2.21. The van der Waals surface area contributed by atoms with Gasteiger partial charge in [-0.3, -0.25) is 9.69 Å². The molecule has 3 aromatic rings. The van der Waals surface area contributed by atoms with E-state index < -0.39 is 0 Å². The number of morpholine rings is 1. The number of hydrogen-bond acceptors (Lipinski definition) is 4. The zero-order valence-corrected chi connectivity index (χ0v) is 17.0. The molecule has 1 heterocycles. The molecule has 1 aliphatic heterocycles. The Balaban J connectivity index is 1.32. The van der Waals surface area contributed by atoms with E-state index in [4.69, 9.17) is 4.74 Å². The Morgan fingerprint density at radius 1 is 0.833 bits per heavy atom. The van der Waals surface area contributed by atoms with Crippen LogP contribution < -0.4 is 10.6 Å². The lowest BCUT2D eigenvalue weighted by molar-refractivity contribution is -0.114. The minimum atomic E-state index is -0.0661. The summed E-state index contributed by atoms with van der Waals surface area (Å²) in [6.07, 6.45) is 0. The van der Waals surface area contributed by atoms with Crippen LogP contribution in [0.1, 0.15) is 5.56 Å². The van der Waals surface area contributed by atoms with Crippen LogP contribution >= 0.6 is 0 Å². The van der Waals surface area contributed by atoms with Gasteiger partial charge in [0.2, 0.25) is 5.91 Å². The van der Waals surface area contributed by atoms with Crippen molar-refractivity contribution >= 4 is 17.3 Å². The number of rotatable bonds is 7. The number of anilines is 2. The van der Waals surface area contributed by atoms with Gasteiger partial charge >= 0.3 is 0 Å². The molecular formula is C25H27N3O2. The van der Waals surface area contributed by atoms with Gasteiger partial charge in [-0.25, -0.2) is 0 Å². The Kier molecular flexibility index (Phi) is 6.75.